The van der Waals surface area contributed by atoms with E-state index in [1.54, 1.807) is 0 Å². The molecule has 1 heterocycles. The molecule has 2 atom stereocenters. The summed E-state index contributed by atoms with van der Waals surface area (Å²) >= 11 is 0. The molecule has 0 bridgehead atoms. The first-order chi connectivity index (χ1) is 24.7. The van der Waals surface area contributed by atoms with Gasteiger partial charge in [0, 0.05) is 16.5 Å². The Morgan fingerprint density at radius 3 is 1.82 bits per heavy atom. The van der Waals surface area contributed by atoms with Crippen molar-refractivity contribution >= 4 is 10.8 Å². The van der Waals surface area contributed by atoms with Crippen LogP contribution in [0, 0.1) is 0 Å². The molecule has 3 aliphatic rings. The van der Waals surface area contributed by atoms with Gasteiger partial charge >= 0.3 is 0 Å². The topological polar surface area (TPSA) is 9.23 Å². The number of benzene rings is 8. The van der Waals surface area contributed by atoms with Gasteiger partial charge in [0.15, 0.2) is 0 Å². The van der Waals surface area contributed by atoms with E-state index in [1.165, 1.54) is 77.5 Å². The van der Waals surface area contributed by atoms with Gasteiger partial charge in [0.05, 0.1) is 5.41 Å². The van der Waals surface area contributed by atoms with Gasteiger partial charge in [-0.3, -0.25) is 0 Å². The van der Waals surface area contributed by atoms with Gasteiger partial charge in [-0.05, 0) is 97.1 Å². The maximum Gasteiger partial charge on any atom is 0.132 e. The second kappa shape index (κ2) is 9.94. The normalized spacial score (nSPS) is 18.8. The number of ether oxygens (including phenoxy) is 1. The fourth-order valence-electron chi connectivity index (χ4n) is 9.61. The van der Waals surface area contributed by atoms with Crippen molar-refractivity contribution in [1.29, 1.82) is 0 Å². The highest BCUT2D eigenvalue weighted by Crippen LogP contribution is 2.64. The van der Waals surface area contributed by atoms with E-state index in [4.69, 9.17) is 4.74 Å². The zero-order valence-electron chi connectivity index (χ0n) is 27.7. The molecule has 2 aliphatic carbocycles. The Labute approximate surface area is 292 Å². The SMILES string of the molecule is CC1(c2ccccc2)c2ccccc2Oc2cc(-c3ccc4c(c3)-c3ccccc3C43c4ccccc4-c4c3ccc3ccccc43)ccc21. The van der Waals surface area contributed by atoms with Crippen LogP contribution in [-0.2, 0) is 10.8 Å². The Bertz CT molecular complexity index is 2700. The summed E-state index contributed by atoms with van der Waals surface area (Å²) in [5, 5.41) is 2.59. The second-order valence-corrected chi connectivity index (χ2v) is 14.1. The number of hydrogen-bond acceptors (Lipinski definition) is 1. The minimum atomic E-state index is -0.374. The fraction of sp³-hybridized carbons (Fsp3) is 0.0612. The van der Waals surface area contributed by atoms with Gasteiger partial charge in [0.25, 0.3) is 0 Å². The highest BCUT2D eigenvalue weighted by atomic mass is 16.5. The summed E-state index contributed by atoms with van der Waals surface area (Å²) in [7, 11) is 0. The average molecular weight is 637 g/mol. The number of para-hydroxylation sites is 1. The molecule has 8 aromatic carbocycles. The van der Waals surface area contributed by atoms with E-state index in [-0.39, 0.29) is 10.8 Å². The van der Waals surface area contributed by atoms with Crippen LogP contribution < -0.4 is 4.74 Å². The van der Waals surface area contributed by atoms with Crippen LogP contribution in [0.5, 0.6) is 11.5 Å². The molecule has 2 unspecified atom stereocenters. The summed E-state index contributed by atoms with van der Waals surface area (Å²) in [6.45, 7) is 2.33. The molecule has 8 aromatic rings. The molecule has 234 valence electrons. The maximum atomic E-state index is 6.69. The van der Waals surface area contributed by atoms with Crippen LogP contribution in [0.25, 0.3) is 44.2 Å². The van der Waals surface area contributed by atoms with Gasteiger partial charge in [-0.15, -0.1) is 0 Å². The third-order valence-electron chi connectivity index (χ3n) is 11.8. The van der Waals surface area contributed by atoms with Crippen LogP contribution in [-0.4, -0.2) is 0 Å². The minimum Gasteiger partial charge on any atom is -0.457 e. The molecule has 0 amide bonds. The van der Waals surface area contributed by atoms with E-state index in [0.29, 0.717) is 0 Å². The summed E-state index contributed by atoms with van der Waals surface area (Å²) in [5.74, 6) is 1.83. The second-order valence-electron chi connectivity index (χ2n) is 14.1. The summed E-state index contributed by atoms with van der Waals surface area (Å²) in [5.41, 5.74) is 16.0. The smallest absolute Gasteiger partial charge is 0.132 e. The zero-order valence-corrected chi connectivity index (χ0v) is 27.7. The van der Waals surface area contributed by atoms with Crippen LogP contribution in [0.1, 0.15) is 45.9 Å². The highest BCUT2D eigenvalue weighted by Gasteiger charge is 2.52. The van der Waals surface area contributed by atoms with Crippen molar-refractivity contribution in [2.45, 2.75) is 17.8 Å². The van der Waals surface area contributed by atoms with Crippen LogP contribution >= 0.6 is 0 Å². The number of rotatable bonds is 2. The molecule has 1 heteroatoms. The predicted molar refractivity (Wildman–Crippen MR) is 204 cm³/mol. The largest absolute Gasteiger partial charge is 0.457 e. The molecule has 0 N–H and O–H groups in total. The monoisotopic (exact) mass is 636 g/mol. The average Bonchev–Trinajstić information content (AvgIpc) is 3.65. The van der Waals surface area contributed by atoms with E-state index in [0.717, 1.165) is 17.1 Å². The lowest BCUT2D eigenvalue weighted by atomic mass is 9.69. The molecular weight excluding hydrogens is 605 g/mol. The molecule has 0 saturated heterocycles. The molecule has 0 aromatic heterocycles. The van der Waals surface area contributed by atoms with Crippen LogP contribution in [0.15, 0.2) is 176 Å². The van der Waals surface area contributed by atoms with Crippen molar-refractivity contribution in [3.63, 3.8) is 0 Å². The highest BCUT2D eigenvalue weighted by molar-refractivity contribution is 6.06. The molecule has 50 heavy (non-hydrogen) atoms. The third-order valence-corrected chi connectivity index (χ3v) is 11.8. The Kier molecular flexibility index (Phi) is 5.51. The van der Waals surface area contributed by atoms with Crippen LogP contribution in [0.2, 0.25) is 0 Å². The molecule has 0 saturated carbocycles. The van der Waals surface area contributed by atoms with Gasteiger partial charge < -0.3 is 4.74 Å². The zero-order chi connectivity index (χ0) is 33.0. The van der Waals surface area contributed by atoms with Crippen molar-refractivity contribution in [3.05, 3.63) is 215 Å². The van der Waals surface area contributed by atoms with Crippen LogP contribution in [0.3, 0.4) is 0 Å². The standard InChI is InChI=1S/C49H32O/c1-48(34-14-3-2-4-15-34)42-21-11-12-22-45(42)50-46-30-33(25-27-43(46)48)32-24-26-41-38(29-32)36-17-7-9-19-39(36)49(41)40-20-10-8-18-37(40)47-35-16-6-5-13-31(35)23-28-44(47)49/h2-30H,1H3. The van der Waals surface area contributed by atoms with Crippen molar-refractivity contribution in [3.8, 4) is 44.9 Å². The lowest BCUT2D eigenvalue weighted by Gasteiger charge is -2.38. The van der Waals surface area contributed by atoms with Gasteiger partial charge in [-0.1, -0.05) is 158 Å². The van der Waals surface area contributed by atoms with Gasteiger partial charge in [0.1, 0.15) is 11.5 Å². The quantitative estimate of drug-likeness (QED) is 0.183. The molecular formula is C49H32O. The lowest BCUT2D eigenvalue weighted by Crippen LogP contribution is -2.29. The minimum absolute atomic E-state index is 0.333. The fourth-order valence-corrected chi connectivity index (χ4v) is 9.61. The molecule has 0 radical (unpaired) electrons. The predicted octanol–water partition coefficient (Wildman–Crippen LogP) is 12.3. The molecule has 1 spiro atoms. The molecule has 1 nitrogen and oxygen atoms in total. The maximum absolute atomic E-state index is 6.69. The molecule has 0 fully saturated rings. The molecule has 1 aliphatic heterocycles. The Balaban J connectivity index is 1.12. The number of hydrogen-bond donors (Lipinski definition) is 0. The van der Waals surface area contributed by atoms with Crippen molar-refractivity contribution in [2.75, 3.05) is 0 Å². The summed E-state index contributed by atoms with van der Waals surface area (Å²) in [4.78, 5) is 0. The van der Waals surface area contributed by atoms with E-state index >= 15 is 0 Å². The summed E-state index contributed by atoms with van der Waals surface area (Å²) < 4.78 is 6.69. The van der Waals surface area contributed by atoms with Gasteiger partial charge in [0.2, 0.25) is 0 Å². The van der Waals surface area contributed by atoms with E-state index in [9.17, 15) is 0 Å². The first kappa shape index (κ1) is 27.7. The Morgan fingerprint density at radius 1 is 0.400 bits per heavy atom. The van der Waals surface area contributed by atoms with Crippen LogP contribution in [0.4, 0.5) is 0 Å². The summed E-state index contributed by atoms with van der Waals surface area (Å²) in [6.07, 6.45) is 0. The van der Waals surface area contributed by atoms with Gasteiger partial charge in [-0.2, -0.15) is 0 Å². The number of fused-ring (bicyclic) bond motifs is 14. The third kappa shape index (κ3) is 3.42. The van der Waals surface area contributed by atoms with E-state index < -0.39 is 0 Å². The lowest BCUT2D eigenvalue weighted by molar-refractivity contribution is 0.427. The van der Waals surface area contributed by atoms with E-state index in [2.05, 4.69) is 183 Å². The van der Waals surface area contributed by atoms with Gasteiger partial charge in [-0.25, -0.2) is 0 Å². The Hall–Kier alpha value is -6.18. The first-order valence-electron chi connectivity index (χ1n) is 17.5. The summed E-state index contributed by atoms with van der Waals surface area (Å²) in [6, 6.07) is 64.9. The molecule has 11 rings (SSSR count). The van der Waals surface area contributed by atoms with E-state index in [1.807, 2.05) is 0 Å². The van der Waals surface area contributed by atoms with Crippen molar-refractivity contribution in [2.24, 2.45) is 0 Å². The Morgan fingerprint density at radius 2 is 0.980 bits per heavy atom. The van der Waals surface area contributed by atoms with Crippen molar-refractivity contribution in [1.82, 2.24) is 0 Å². The first-order valence-corrected chi connectivity index (χ1v) is 17.5. The van der Waals surface area contributed by atoms with Crippen molar-refractivity contribution < 1.29 is 4.74 Å².